The van der Waals surface area contributed by atoms with Crippen LogP contribution < -0.4 is 0 Å². The van der Waals surface area contributed by atoms with Gasteiger partial charge in [0.2, 0.25) is 0 Å². The van der Waals surface area contributed by atoms with Crippen LogP contribution in [0, 0.1) is 6.92 Å². The van der Waals surface area contributed by atoms with E-state index in [4.69, 9.17) is 4.74 Å². The van der Waals surface area contributed by atoms with Gasteiger partial charge in [0.05, 0.1) is 23.3 Å². The highest BCUT2D eigenvalue weighted by molar-refractivity contribution is 5.79. The van der Waals surface area contributed by atoms with Crippen LogP contribution in [0.3, 0.4) is 0 Å². The van der Waals surface area contributed by atoms with Crippen LogP contribution in [0.2, 0.25) is 0 Å². The summed E-state index contributed by atoms with van der Waals surface area (Å²) in [4.78, 5) is 4.52. The van der Waals surface area contributed by atoms with Crippen LogP contribution >= 0.6 is 0 Å². The van der Waals surface area contributed by atoms with Crippen molar-refractivity contribution in [2.75, 3.05) is 0 Å². The quantitative estimate of drug-likeness (QED) is 0.865. The topological polar surface area (TPSA) is 42.4 Å². The number of aryl methyl sites for hydroxylation is 1. The maximum Gasteiger partial charge on any atom is 0.0946 e. The Morgan fingerprint density at radius 3 is 2.65 bits per heavy atom. The number of nitrogens with zero attached hydrogens (tertiary/aromatic N) is 1. The number of ether oxygens (including phenoxy) is 1. The lowest BCUT2D eigenvalue weighted by Gasteiger charge is -2.37. The van der Waals surface area contributed by atoms with Gasteiger partial charge in [0, 0.05) is 23.9 Å². The molecule has 2 aliphatic rings. The highest BCUT2D eigenvalue weighted by Gasteiger charge is 2.44. The first-order chi connectivity index (χ1) is 9.62. The summed E-state index contributed by atoms with van der Waals surface area (Å²) in [6, 6.07) is 10.2. The minimum absolute atomic E-state index is 0.227. The predicted molar refractivity (Wildman–Crippen MR) is 77.5 cm³/mol. The zero-order valence-corrected chi connectivity index (χ0v) is 11.7. The molecule has 0 amide bonds. The number of hydrogen-bond acceptors (Lipinski definition) is 3. The summed E-state index contributed by atoms with van der Waals surface area (Å²) in [6.45, 7) is 2.00. The lowest BCUT2D eigenvalue weighted by atomic mass is 9.83. The Morgan fingerprint density at radius 2 is 1.90 bits per heavy atom. The number of hydrogen-bond donors (Lipinski definition) is 1. The molecule has 0 aliphatic carbocycles. The molecular formula is C17H19NO2. The highest BCUT2D eigenvalue weighted by atomic mass is 16.5. The number of aromatic nitrogens is 1. The molecule has 104 valence electrons. The van der Waals surface area contributed by atoms with E-state index in [-0.39, 0.29) is 12.2 Å². The van der Waals surface area contributed by atoms with E-state index in [1.807, 2.05) is 25.1 Å². The van der Waals surface area contributed by atoms with Gasteiger partial charge in [-0.3, -0.25) is 4.98 Å². The second-order valence-corrected chi connectivity index (χ2v) is 6.26. The summed E-state index contributed by atoms with van der Waals surface area (Å²) in [5.74, 6) is 0. The van der Waals surface area contributed by atoms with Gasteiger partial charge < -0.3 is 9.84 Å². The standard InChI is InChI=1S/C17H19NO2/c1-11-2-3-12-8-13(4-7-16(12)18-11)17(19)9-14-5-6-15(10-17)20-14/h2-4,7-8,14-15,19H,5-6,9-10H2,1H3. The minimum atomic E-state index is -0.733. The van der Waals surface area contributed by atoms with Crippen molar-refractivity contribution >= 4 is 10.9 Å². The number of pyridine rings is 1. The van der Waals surface area contributed by atoms with Gasteiger partial charge in [-0.25, -0.2) is 0 Å². The first-order valence-electron chi connectivity index (χ1n) is 7.38. The van der Waals surface area contributed by atoms with E-state index in [0.29, 0.717) is 12.8 Å². The molecule has 4 rings (SSSR count). The Hall–Kier alpha value is -1.45. The fourth-order valence-corrected chi connectivity index (χ4v) is 3.67. The highest BCUT2D eigenvalue weighted by Crippen LogP contribution is 2.44. The first kappa shape index (κ1) is 12.3. The maximum absolute atomic E-state index is 11.0. The molecule has 2 saturated heterocycles. The third-order valence-electron chi connectivity index (χ3n) is 4.69. The summed E-state index contributed by atoms with van der Waals surface area (Å²) < 4.78 is 5.85. The summed E-state index contributed by atoms with van der Waals surface area (Å²) in [5.41, 5.74) is 2.29. The minimum Gasteiger partial charge on any atom is -0.385 e. The van der Waals surface area contributed by atoms with Crippen LogP contribution in [-0.2, 0) is 10.3 Å². The van der Waals surface area contributed by atoms with Crippen molar-refractivity contribution in [3.8, 4) is 0 Å². The second kappa shape index (κ2) is 4.27. The SMILES string of the molecule is Cc1ccc2cc(C3(O)CC4CCC(C3)O4)ccc2n1. The van der Waals surface area contributed by atoms with Crippen molar-refractivity contribution < 1.29 is 9.84 Å². The Kier molecular flexibility index (Phi) is 2.63. The Balaban J connectivity index is 1.76. The molecule has 2 unspecified atom stereocenters. The molecular weight excluding hydrogens is 250 g/mol. The number of rotatable bonds is 1. The molecule has 1 aromatic carbocycles. The maximum atomic E-state index is 11.0. The zero-order valence-electron chi connectivity index (χ0n) is 11.7. The van der Waals surface area contributed by atoms with E-state index in [1.165, 1.54) is 0 Å². The van der Waals surface area contributed by atoms with Crippen molar-refractivity contribution in [2.45, 2.75) is 50.4 Å². The molecule has 0 saturated carbocycles. The summed E-state index contributed by atoms with van der Waals surface area (Å²) in [6.07, 6.45) is 4.06. The predicted octanol–water partition coefficient (Wildman–Crippen LogP) is 3.07. The van der Waals surface area contributed by atoms with Crippen LogP contribution in [0.5, 0.6) is 0 Å². The lowest BCUT2D eigenvalue weighted by molar-refractivity contribution is -0.115. The molecule has 3 heteroatoms. The van der Waals surface area contributed by atoms with E-state index in [9.17, 15) is 5.11 Å². The smallest absolute Gasteiger partial charge is 0.0946 e. The third-order valence-corrected chi connectivity index (χ3v) is 4.69. The molecule has 2 atom stereocenters. The molecule has 2 fully saturated rings. The molecule has 1 N–H and O–H groups in total. The molecule has 2 aliphatic heterocycles. The molecule has 0 radical (unpaired) electrons. The summed E-state index contributed by atoms with van der Waals surface area (Å²) >= 11 is 0. The molecule has 3 heterocycles. The van der Waals surface area contributed by atoms with Crippen LogP contribution in [0.1, 0.15) is 36.9 Å². The Bertz CT molecular complexity index is 655. The molecule has 3 nitrogen and oxygen atoms in total. The van der Waals surface area contributed by atoms with Gasteiger partial charge in [0.15, 0.2) is 0 Å². The molecule has 2 aromatic rings. The van der Waals surface area contributed by atoms with Crippen LogP contribution in [0.15, 0.2) is 30.3 Å². The van der Waals surface area contributed by atoms with Crippen molar-refractivity contribution in [1.82, 2.24) is 4.98 Å². The van der Waals surface area contributed by atoms with Gasteiger partial charge >= 0.3 is 0 Å². The van der Waals surface area contributed by atoms with Crippen molar-refractivity contribution in [3.63, 3.8) is 0 Å². The van der Waals surface area contributed by atoms with Gasteiger partial charge in [0.25, 0.3) is 0 Å². The normalized spacial score (nSPS) is 32.7. The first-order valence-corrected chi connectivity index (χ1v) is 7.38. The molecule has 20 heavy (non-hydrogen) atoms. The number of aliphatic hydroxyl groups is 1. The number of fused-ring (bicyclic) bond motifs is 3. The summed E-state index contributed by atoms with van der Waals surface area (Å²) in [7, 11) is 0. The van der Waals surface area contributed by atoms with Gasteiger partial charge in [-0.15, -0.1) is 0 Å². The molecule has 0 spiro atoms. The fourth-order valence-electron chi connectivity index (χ4n) is 3.67. The number of benzene rings is 1. The monoisotopic (exact) mass is 269 g/mol. The van der Waals surface area contributed by atoms with E-state index in [0.717, 1.165) is 35.0 Å². The van der Waals surface area contributed by atoms with Gasteiger partial charge in [-0.05, 0) is 43.5 Å². The van der Waals surface area contributed by atoms with Crippen molar-refractivity contribution in [1.29, 1.82) is 0 Å². The van der Waals surface area contributed by atoms with Gasteiger partial charge in [-0.2, -0.15) is 0 Å². The van der Waals surface area contributed by atoms with Gasteiger partial charge in [0.1, 0.15) is 0 Å². The van der Waals surface area contributed by atoms with E-state index < -0.39 is 5.60 Å². The fraction of sp³-hybridized carbons (Fsp3) is 0.471. The van der Waals surface area contributed by atoms with Gasteiger partial charge in [-0.1, -0.05) is 12.1 Å². The Labute approximate surface area is 118 Å². The second-order valence-electron chi connectivity index (χ2n) is 6.26. The third kappa shape index (κ3) is 1.93. The van der Waals surface area contributed by atoms with Crippen LogP contribution in [0.4, 0.5) is 0 Å². The van der Waals surface area contributed by atoms with Crippen LogP contribution in [0.25, 0.3) is 10.9 Å². The van der Waals surface area contributed by atoms with E-state index in [1.54, 1.807) is 0 Å². The van der Waals surface area contributed by atoms with Crippen molar-refractivity contribution in [3.05, 3.63) is 41.6 Å². The van der Waals surface area contributed by atoms with Crippen molar-refractivity contribution in [2.24, 2.45) is 0 Å². The molecule has 2 bridgehead atoms. The van der Waals surface area contributed by atoms with E-state index >= 15 is 0 Å². The Morgan fingerprint density at radius 1 is 1.15 bits per heavy atom. The van der Waals surface area contributed by atoms with E-state index in [2.05, 4.69) is 17.1 Å². The molecule has 1 aromatic heterocycles. The zero-order chi connectivity index (χ0) is 13.7. The average Bonchev–Trinajstić information content (AvgIpc) is 2.78. The average molecular weight is 269 g/mol. The largest absolute Gasteiger partial charge is 0.385 e. The summed E-state index contributed by atoms with van der Waals surface area (Å²) in [5, 5.41) is 12.1. The lowest BCUT2D eigenvalue weighted by Crippen LogP contribution is -2.38. The van der Waals surface area contributed by atoms with Crippen LogP contribution in [-0.4, -0.2) is 22.3 Å².